The minimum Gasteiger partial charge on any atom is -0.365 e. The number of allylic oxidation sites excluding steroid dienone is 1. The molecular formula is C22H30N4. The molecule has 0 bridgehead atoms. The second-order valence-electron chi connectivity index (χ2n) is 7.99. The van der Waals surface area contributed by atoms with Crippen LogP contribution in [0.15, 0.2) is 48.0 Å². The van der Waals surface area contributed by atoms with Crippen LogP contribution in [-0.4, -0.2) is 22.1 Å². The lowest BCUT2D eigenvalue weighted by atomic mass is 9.97. The standard InChI is InChI=1S/C22H30N4/c1-22(2,3)26-20-16-19(18-12-8-5-9-13-18)24-21(25-20)23-15-14-17-10-6-4-7-11-17/h5,8-10,12-13,16H,4,6-7,11,14-15H2,1-3H3,(H2,23,24,25,26). The van der Waals surface area contributed by atoms with Crippen molar-refractivity contribution in [3.63, 3.8) is 0 Å². The minimum absolute atomic E-state index is 0.0491. The Labute approximate surface area is 157 Å². The lowest BCUT2D eigenvalue weighted by molar-refractivity contribution is 0.630. The van der Waals surface area contributed by atoms with Crippen LogP contribution in [0.4, 0.5) is 11.8 Å². The first-order valence-electron chi connectivity index (χ1n) is 9.64. The first-order chi connectivity index (χ1) is 12.5. The van der Waals surface area contributed by atoms with E-state index >= 15 is 0 Å². The zero-order chi connectivity index (χ0) is 18.4. The SMILES string of the molecule is CC(C)(C)Nc1cc(-c2ccccc2)nc(NCCC2=CCCCC2)n1. The largest absolute Gasteiger partial charge is 0.365 e. The van der Waals surface area contributed by atoms with E-state index in [2.05, 4.69) is 54.6 Å². The van der Waals surface area contributed by atoms with Gasteiger partial charge in [-0.15, -0.1) is 0 Å². The fourth-order valence-corrected chi connectivity index (χ4v) is 3.20. The quantitative estimate of drug-likeness (QED) is 0.660. The molecule has 3 rings (SSSR count). The van der Waals surface area contributed by atoms with Gasteiger partial charge in [-0.05, 0) is 52.9 Å². The molecule has 0 saturated carbocycles. The van der Waals surface area contributed by atoms with Gasteiger partial charge in [0.05, 0.1) is 5.69 Å². The fraction of sp³-hybridized carbons (Fsp3) is 0.455. The van der Waals surface area contributed by atoms with Crippen LogP contribution in [-0.2, 0) is 0 Å². The summed E-state index contributed by atoms with van der Waals surface area (Å²) in [7, 11) is 0. The average Bonchev–Trinajstić information content (AvgIpc) is 2.62. The van der Waals surface area contributed by atoms with Gasteiger partial charge in [0.2, 0.25) is 5.95 Å². The molecule has 0 spiro atoms. The monoisotopic (exact) mass is 350 g/mol. The number of anilines is 2. The van der Waals surface area contributed by atoms with Crippen LogP contribution in [0.1, 0.15) is 52.9 Å². The van der Waals surface area contributed by atoms with Gasteiger partial charge in [-0.25, -0.2) is 4.98 Å². The first-order valence-corrected chi connectivity index (χ1v) is 9.64. The van der Waals surface area contributed by atoms with Crippen LogP contribution in [0.25, 0.3) is 11.3 Å². The number of hydrogen-bond acceptors (Lipinski definition) is 4. The van der Waals surface area contributed by atoms with E-state index in [9.17, 15) is 0 Å². The first kappa shape index (κ1) is 18.4. The Hall–Kier alpha value is -2.36. The second-order valence-corrected chi connectivity index (χ2v) is 7.99. The van der Waals surface area contributed by atoms with Crippen LogP contribution in [0.5, 0.6) is 0 Å². The van der Waals surface area contributed by atoms with Crippen molar-refractivity contribution < 1.29 is 0 Å². The summed E-state index contributed by atoms with van der Waals surface area (Å²) >= 11 is 0. The molecule has 26 heavy (non-hydrogen) atoms. The third-order valence-electron chi connectivity index (χ3n) is 4.41. The topological polar surface area (TPSA) is 49.8 Å². The van der Waals surface area contributed by atoms with Crippen LogP contribution >= 0.6 is 0 Å². The molecular weight excluding hydrogens is 320 g/mol. The van der Waals surface area contributed by atoms with Crippen molar-refractivity contribution in [3.8, 4) is 11.3 Å². The fourth-order valence-electron chi connectivity index (χ4n) is 3.20. The second kappa shape index (κ2) is 8.35. The van der Waals surface area contributed by atoms with Crippen LogP contribution < -0.4 is 10.6 Å². The normalized spacial score (nSPS) is 14.7. The summed E-state index contributed by atoms with van der Waals surface area (Å²) in [5.74, 6) is 1.54. The number of benzene rings is 1. The molecule has 1 aromatic heterocycles. The maximum Gasteiger partial charge on any atom is 0.225 e. The molecule has 0 fully saturated rings. The van der Waals surface area contributed by atoms with Crippen molar-refractivity contribution in [2.24, 2.45) is 0 Å². The predicted octanol–water partition coefficient (Wildman–Crippen LogP) is 5.66. The van der Waals surface area contributed by atoms with Crippen LogP contribution in [0, 0.1) is 0 Å². The van der Waals surface area contributed by atoms with E-state index in [1.165, 1.54) is 25.7 Å². The zero-order valence-electron chi connectivity index (χ0n) is 16.2. The molecule has 138 valence electrons. The number of nitrogens with zero attached hydrogens (tertiary/aromatic N) is 2. The Morgan fingerprint density at radius 3 is 2.54 bits per heavy atom. The highest BCUT2D eigenvalue weighted by molar-refractivity contribution is 5.64. The van der Waals surface area contributed by atoms with Gasteiger partial charge in [-0.3, -0.25) is 0 Å². The Kier molecular flexibility index (Phi) is 5.92. The smallest absolute Gasteiger partial charge is 0.225 e. The number of rotatable bonds is 6. The summed E-state index contributed by atoms with van der Waals surface area (Å²) < 4.78 is 0. The summed E-state index contributed by atoms with van der Waals surface area (Å²) in [5.41, 5.74) is 3.56. The third-order valence-corrected chi connectivity index (χ3v) is 4.41. The molecule has 0 aliphatic heterocycles. The van der Waals surface area contributed by atoms with E-state index in [-0.39, 0.29) is 5.54 Å². The molecule has 2 N–H and O–H groups in total. The Balaban J connectivity index is 1.76. The molecule has 4 heteroatoms. The van der Waals surface area contributed by atoms with Gasteiger partial charge in [0.1, 0.15) is 5.82 Å². The van der Waals surface area contributed by atoms with Gasteiger partial charge < -0.3 is 10.6 Å². The van der Waals surface area contributed by atoms with Crippen molar-refractivity contribution in [1.29, 1.82) is 0 Å². The molecule has 1 aromatic carbocycles. The highest BCUT2D eigenvalue weighted by atomic mass is 15.2. The molecule has 0 amide bonds. The predicted molar refractivity (Wildman–Crippen MR) is 111 cm³/mol. The summed E-state index contributed by atoms with van der Waals surface area (Å²) in [6.07, 6.45) is 8.60. The molecule has 1 aliphatic carbocycles. The highest BCUT2D eigenvalue weighted by Gasteiger charge is 2.13. The van der Waals surface area contributed by atoms with Gasteiger partial charge >= 0.3 is 0 Å². The van der Waals surface area contributed by atoms with Gasteiger partial charge in [0.15, 0.2) is 0 Å². The van der Waals surface area contributed by atoms with E-state index in [0.717, 1.165) is 30.0 Å². The third kappa shape index (κ3) is 5.58. The van der Waals surface area contributed by atoms with Crippen molar-refractivity contribution in [3.05, 3.63) is 48.0 Å². The van der Waals surface area contributed by atoms with Crippen molar-refractivity contribution >= 4 is 11.8 Å². The van der Waals surface area contributed by atoms with E-state index in [1.54, 1.807) is 5.57 Å². The molecule has 0 atom stereocenters. The summed E-state index contributed by atoms with van der Waals surface area (Å²) in [4.78, 5) is 9.41. The molecule has 1 heterocycles. The lowest BCUT2D eigenvalue weighted by Gasteiger charge is -2.22. The zero-order valence-corrected chi connectivity index (χ0v) is 16.2. The Morgan fingerprint density at radius 2 is 1.85 bits per heavy atom. The molecule has 4 nitrogen and oxygen atoms in total. The maximum absolute atomic E-state index is 4.73. The highest BCUT2D eigenvalue weighted by Crippen LogP contribution is 2.24. The lowest BCUT2D eigenvalue weighted by Crippen LogP contribution is -2.27. The number of nitrogens with one attached hydrogen (secondary N) is 2. The van der Waals surface area contributed by atoms with Gasteiger partial charge in [-0.2, -0.15) is 4.98 Å². The van der Waals surface area contributed by atoms with E-state index < -0.39 is 0 Å². The maximum atomic E-state index is 4.73. The van der Waals surface area contributed by atoms with Crippen LogP contribution in [0.2, 0.25) is 0 Å². The van der Waals surface area contributed by atoms with E-state index in [4.69, 9.17) is 4.98 Å². The molecule has 1 aliphatic rings. The Bertz CT molecular complexity index is 744. The van der Waals surface area contributed by atoms with Gasteiger partial charge in [0, 0.05) is 23.7 Å². The average molecular weight is 351 g/mol. The molecule has 0 radical (unpaired) electrons. The molecule has 0 saturated heterocycles. The Morgan fingerprint density at radius 1 is 1.04 bits per heavy atom. The number of hydrogen-bond donors (Lipinski definition) is 2. The number of aromatic nitrogens is 2. The van der Waals surface area contributed by atoms with Gasteiger partial charge in [0.25, 0.3) is 0 Å². The minimum atomic E-state index is -0.0491. The molecule has 2 aromatic rings. The summed E-state index contributed by atoms with van der Waals surface area (Å²) in [6.45, 7) is 7.29. The van der Waals surface area contributed by atoms with Crippen molar-refractivity contribution in [2.45, 2.75) is 58.4 Å². The summed E-state index contributed by atoms with van der Waals surface area (Å²) in [6, 6.07) is 12.3. The van der Waals surface area contributed by atoms with E-state index in [0.29, 0.717) is 5.95 Å². The van der Waals surface area contributed by atoms with E-state index in [1.807, 2.05) is 24.3 Å². The van der Waals surface area contributed by atoms with Crippen molar-refractivity contribution in [2.75, 3.05) is 17.2 Å². The van der Waals surface area contributed by atoms with Crippen molar-refractivity contribution in [1.82, 2.24) is 9.97 Å². The van der Waals surface area contributed by atoms with Crippen LogP contribution in [0.3, 0.4) is 0 Å². The summed E-state index contributed by atoms with van der Waals surface area (Å²) in [5, 5.41) is 6.89. The van der Waals surface area contributed by atoms with Gasteiger partial charge in [-0.1, -0.05) is 42.0 Å². The molecule has 0 unspecified atom stereocenters.